The zero-order valence-corrected chi connectivity index (χ0v) is 9.88. The van der Waals surface area contributed by atoms with Crippen LogP contribution < -0.4 is 5.32 Å². The molecule has 0 aliphatic heterocycles. The number of nitrogens with one attached hydrogen (secondary N) is 1. The van der Waals surface area contributed by atoms with E-state index in [1.807, 2.05) is 0 Å². The number of rotatable bonds is 3. The van der Waals surface area contributed by atoms with E-state index in [0.717, 1.165) is 37.8 Å². The van der Waals surface area contributed by atoms with Gasteiger partial charge in [-0.3, -0.25) is 0 Å². The van der Waals surface area contributed by atoms with E-state index in [-0.39, 0.29) is 11.7 Å². The van der Waals surface area contributed by atoms with Gasteiger partial charge < -0.3 is 10.1 Å². The van der Waals surface area contributed by atoms with Gasteiger partial charge in [-0.05, 0) is 43.9 Å². The van der Waals surface area contributed by atoms with Gasteiger partial charge in [0.15, 0.2) is 0 Å². The van der Waals surface area contributed by atoms with Crippen molar-refractivity contribution < 1.29 is 13.5 Å². The molecule has 2 nitrogen and oxygen atoms in total. The second-order valence-corrected chi connectivity index (χ2v) is 4.48. The highest BCUT2D eigenvalue weighted by molar-refractivity contribution is 5.45. The molecule has 2 rings (SSSR count). The zero-order chi connectivity index (χ0) is 12.3. The maximum absolute atomic E-state index is 13.4. The molecule has 1 saturated carbocycles. The number of anilines is 1. The second kappa shape index (κ2) is 5.45. The predicted molar refractivity (Wildman–Crippen MR) is 63.0 cm³/mol. The Morgan fingerprint density at radius 2 is 1.88 bits per heavy atom. The third-order valence-corrected chi connectivity index (χ3v) is 3.30. The summed E-state index contributed by atoms with van der Waals surface area (Å²) in [6.07, 6.45) is 4.09. The summed E-state index contributed by atoms with van der Waals surface area (Å²) in [6.45, 7) is 0. The Morgan fingerprint density at radius 1 is 1.18 bits per heavy atom. The molecule has 17 heavy (non-hydrogen) atoms. The Labute approximate surface area is 100.0 Å². The van der Waals surface area contributed by atoms with Crippen molar-refractivity contribution in [2.24, 2.45) is 0 Å². The molecule has 1 aliphatic carbocycles. The molecule has 0 amide bonds. The summed E-state index contributed by atoms with van der Waals surface area (Å²) in [6, 6.07) is 3.69. The normalized spacial score (nSPS) is 24.6. The maximum Gasteiger partial charge on any atom is 0.146 e. The van der Waals surface area contributed by atoms with Crippen molar-refractivity contribution in [1.82, 2.24) is 0 Å². The molecule has 1 aliphatic rings. The van der Waals surface area contributed by atoms with Crippen LogP contribution in [0.1, 0.15) is 25.7 Å². The Hall–Kier alpha value is -1.16. The van der Waals surface area contributed by atoms with E-state index >= 15 is 0 Å². The lowest BCUT2D eigenvalue weighted by atomic mass is 9.93. The van der Waals surface area contributed by atoms with Gasteiger partial charge in [-0.25, -0.2) is 8.78 Å². The lowest BCUT2D eigenvalue weighted by Crippen LogP contribution is -2.29. The number of methoxy groups -OCH3 is 1. The number of hydrogen-bond acceptors (Lipinski definition) is 2. The molecule has 1 fully saturated rings. The minimum atomic E-state index is -0.417. The fraction of sp³-hybridized carbons (Fsp3) is 0.538. The molecule has 0 radical (unpaired) electrons. The number of hydrogen-bond donors (Lipinski definition) is 1. The van der Waals surface area contributed by atoms with E-state index in [4.69, 9.17) is 4.74 Å². The first-order chi connectivity index (χ1) is 8.19. The minimum absolute atomic E-state index is 0.206. The summed E-state index contributed by atoms with van der Waals surface area (Å²) in [5, 5.41) is 3.06. The Morgan fingerprint density at radius 3 is 2.53 bits per heavy atom. The molecule has 0 aromatic heterocycles. The van der Waals surface area contributed by atoms with Crippen LogP contribution in [0, 0.1) is 11.6 Å². The molecular weight excluding hydrogens is 224 g/mol. The standard InChI is InChI=1S/C13H17F2NO/c1-17-11-5-3-10(4-6-11)16-13-8-9(14)2-7-12(13)15/h2,7-8,10-11,16H,3-6H2,1H3. The molecule has 0 spiro atoms. The number of halogens is 2. The van der Waals surface area contributed by atoms with Crippen molar-refractivity contribution >= 4 is 5.69 Å². The van der Waals surface area contributed by atoms with Crippen LogP contribution in [0.25, 0.3) is 0 Å². The van der Waals surface area contributed by atoms with Crippen LogP contribution in [0.2, 0.25) is 0 Å². The van der Waals surface area contributed by atoms with Crippen molar-refractivity contribution in [2.75, 3.05) is 12.4 Å². The van der Waals surface area contributed by atoms with Gasteiger partial charge >= 0.3 is 0 Å². The Balaban J connectivity index is 1.95. The molecule has 0 unspecified atom stereocenters. The fourth-order valence-corrected chi connectivity index (χ4v) is 2.27. The van der Waals surface area contributed by atoms with Crippen molar-refractivity contribution in [3.8, 4) is 0 Å². The van der Waals surface area contributed by atoms with Crippen molar-refractivity contribution in [3.63, 3.8) is 0 Å². The van der Waals surface area contributed by atoms with Gasteiger partial charge in [0.05, 0.1) is 11.8 Å². The van der Waals surface area contributed by atoms with Gasteiger partial charge in [0.2, 0.25) is 0 Å². The van der Waals surface area contributed by atoms with Crippen LogP contribution in [0.3, 0.4) is 0 Å². The number of ether oxygens (including phenoxy) is 1. The minimum Gasteiger partial charge on any atom is -0.381 e. The molecule has 0 heterocycles. The van der Waals surface area contributed by atoms with E-state index in [1.165, 1.54) is 6.07 Å². The van der Waals surface area contributed by atoms with Gasteiger partial charge in [-0.2, -0.15) is 0 Å². The smallest absolute Gasteiger partial charge is 0.146 e. The SMILES string of the molecule is COC1CCC(Nc2cc(F)ccc2F)CC1. The molecule has 0 bridgehead atoms. The maximum atomic E-state index is 13.4. The molecule has 94 valence electrons. The fourth-order valence-electron chi connectivity index (χ4n) is 2.27. The van der Waals surface area contributed by atoms with Crippen molar-refractivity contribution in [2.45, 2.75) is 37.8 Å². The highest BCUT2D eigenvalue weighted by Gasteiger charge is 2.21. The van der Waals surface area contributed by atoms with E-state index < -0.39 is 11.6 Å². The summed E-state index contributed by atoms with van der Waals surface area (Å²) < 4.78 is 31.7. The molecule has 1 aromatic carbocycles. The van der Waals surface area contributed by atoms with Gasteiger partial charge in [0.25, 0.3) is 0 Å². The molecule has 0 atom stereocenters. The van der Waals surface area contributed by atoms with Crippen LogP contribution in [0.4, 0.5) is 14.5 Å². The van der Waals surface area contributed by atoms with E-state index in [9.17, 15) is 8.78 Å². The van der Waals surface area contributed by atoms with Crippen LogP contribution >= 0.6 is 0 Å². The first-order valence-electron chi connectivity index (χ1n) is 5.93. The van der Waals surface area contributed by atoms with Gasteiger partial charge in [0, 0.05) is 13.2 Å². The molecule has 4 heteroatoms. The topological polar surface area (TPSA) is 21.3 Å². The summed E-state index contributed by atoms with van der Waals surface area (Å²) in [5.74, 6) is -0.820. The quantitative estimate of drug-likeness (QED) is 0.876. The highest BCUT2D eigenvalue weighted by atomic mass is 19.1. The Bertz CT molecular complexity index is 376. The predicted octanol–water partition coefficient (Wildman–Crippen LogP) is 3.33. The van der Waals surface area contributed by atoms with Gasteiger partial charge in [-0.15, -0.1) is 0 Å². The molecule has 1 aromatic rings. The molecule has 0 saturated heterocycles. The average molecular weight is 241 g/mol. The Kier molecular flexibility index (Phi) is 3.94. The van der Waals surface area contributed by atoms with Gasteiger partial charge in [-0.1, -0.05) is 0 Å². The van der Waals surface area contributed by atoms with E-state index in [0.29, 0.717) is 6.10 Å². The van der Waals surface area contributed by atoms with Crippen LogP contribution in [0.5, 0.6) is 0 Å². The van der Waals surface area contributed by atoms with Crippen LogP contribution in [-0.4, -0.2) is 19.3 Å². The number of benzene rings is 1. The van der Waals surface area contributed by atoms with Gasteiger partial charge in [0.1, 0.15) is 11.6 Å². The van der Waals surface area contributed by atoms with E-state index in [1.54, 1.807) is 7.11 Å². The second-order valence-electron chi connectivity index (χ2n) is 4.48. The largest absolute Gasteiger partial charge is 0.381 e. The monoisotopic (exact) mass is 241 g/mol. The van der Waals surface area contributed by atoms with Crippen molar-refractivity contribution in [1.29, 1.82) is 0 Å². The average Bonchev–Trinajstić information content (AvgIpc) is 2.35. The summed E-state index contributed by atoms with van der Waals surface area (Å²) in [7, 11) is 1.71. The lowest BCUT2D eigenvalue weighted by Gasteiger charge is -2.29. The molecular formula is C13H17F2NO. The summed E-state index contributed by atoms with van der Waals surface area (Å²) in [4.78, 5) is 0. The van der Waals surface area contributed by atoms with Crippen LogP contribution in [0.15, 0.2) is 18.2 Å². The summed E-state index contributed by atoms with van der Waals surface area (Å²) in [5.41, 5.74) is 0.255. The van der Waals surface area contributed by atoms with Crippen molar-refractivity contribution in [3.05, 3.63) is 29.8 Å². The summed E-state index contributed by atoms with van der Waals surface area (Å²) >= 11 is 0. The third-order valence-electron chi connectivity index (χ3n) is 3.30. The first-order valence-corrected chi connectivity index (χ1v) is 5.93. The highest BCUT2D eigenvalue weighted by Crippen LogP contribution is 2.25. The lowest BCUT2D eigenvalue weighted by molar-refractivity contribution is 0.0681. The first kappa shape index (κ1) is 12.3. The zero-order valence-electron chi connectivity index (χ0n) is 9.88. The van der Waals surface area contributed by atoms with Crippen LogP contribution in [-0.2, 0) is 4.74 Å². The molecule has 1 N–H and O–H groups in total. The third kappa shape index (κ3) is 3.16. The van der Waals surface area contributed by atoms with E-state index in [2.05, 4.69) is 5.32 Å².